The highest BCUT2D eigenvalue weighted by Crippen LogP contribution is 2.32. The maximum atomic E-state index is 12.7. The zero-order chi connectivity index (χ0) is 21.6. The predicted molar refractivity (Wildman–Crippen MR) is 123 cm³/mol. The molecule has 1 atom stereocenters. The lowest BCUT2D eigenvalue weighted by Gasteiger charge is -2.23. The van der Waals surface area contributed by atoms with E-state index in [0.29, 0.717) is 23.5 Å². The van der Waals surface area contributed by atoms with Crippen LogP contribution in [0.1, 0.15) is 41.6 Å². The Hall–Kier alpha value is -3.06. The summed E-state index contributed by atoms with van der Waals surface area (Å²) in [6.07, 6.45) is 4.37. The molecule has 2 aromatic carbocycles. The van der Waals surface area contributed by atoms with Gasteiger partial charge in [0.25, 0.3) is 5.91 Å². The second-order valence-corrected chi connectivity index (χ2v) is 8.22. The van der Waals surface area contributed by atoms with Crippen LogP contribution in [-0.2, 0) is 4.74 Å². The van der Waals surface area contributed by atoms with Crippen molar-refractivity contribution in [2.24, 2.45) is 0 Å². The van der Waals surface area contributed by atoms with Crippen LogP contribution >= 0.6 is 0 Å². The van der Waals surface area contributed by atoms with E-state index < -0.39 is 0 Å². The first kappa shape index (κ1) is 21.2. The summed E-state index contributed by atoms with van der Waals surface area (Å²) in [5.74, 6) is -0.175. The number of nitrogens with zero attached hydrogens (tertiary/aromatic N) is 1. The van der Waals surface area contributed by atoms with Gasteiger partial charge in [0, 0.05) is 37.5 Å². The highest BCUT2D eigenvalue weighted by molar-refractivity contribution is 6.05. The molecular weight excluding hydrogens is 392 g/mol. The molecule has 0 aromatic heterocycles. The number of aryl methyl sites for hydroxylation is 1. The molecule has 0 radical (unpaired) electrons. The van der Waals surface area contributed by atoms with Crippen LogP contribution in [0.3, 0.4) is 0 Å². The fourth-order valence-electron chi connectivity index (χ4n) is 4.12. The highest BCUT2D eigenvalue weighted by atomic mass is 16.5. The fraction of sp³-hybridized carbons (Fsp3) is 0.417. The van der Waals surface area contributed by atoms with Crippen LogP contribution in [0, 0.1) is 6.92 Å². The van der Waals surface area contributed by atoms with E-state index in [2.05, 4.69) is 20.9 Å². The van der Waals surface area contributed by atoms with Gasteiger partial charge in [-0.15, -0.1) is 0 Å². The largest absolute Gasteiger partial charge is 0.376 e. The third kappa shape index (κ3) is 5.55. The minimum absolute atomic E-state index is 0.0868. The van der Waals surface area contributed by atoms with Crippen molar-refractivity contribution >= 4 is 29.0 Å². The number of amides is 3. The van der Waals surface area contributed by atoms with Crippen molar-refractivity contribution in [3.63, 3.8) is 0 Å². The molecule has 2 aliphatic heterocycles. The zero-order valence-electron chi connectivity index (χ0n) is 17.9. The molecule has 164 valence electrons. The molecule has 0 spiro atoms. The Labute approximate surface area is 183 Å². The number of carbonyl (C=O) groups excluding carboxylic acids is 2. The van der Waals surface area contributed by atoms with Gasteiger partial charge in [-0.2, -0.15) is 0 Å². The van der Waals surface area contributed by atoms with Gasteiger partial charge in [-0.05, 0) is 62.9 Å². The molecule has 0 bridgehead atoms. The first-order valence-corrected chi connectivity index (χ1v) is 11.0. The average Bonchev–Trinajstić information content (AvgIpc) is 3.47. The van der Waals surface area contributed by atoms with Crippen molar-refractivity contribution in [2.45, 2.75) is 38.7 Å². The summed E-state index contributed by atoms with van der Waals surface area (Å²) in [6, 6.07) is 12.9. The second kappa shape index (κ2) is 9.83. The van der Waals surface area contributed by atoms with Crippen molar-refractivity contribution < 1.29 is 14.3 Å². The summed E-state index contributed by atoms with van der Waals surface area (Å²) in [4.78, 5) is 27.5. The Bertz CT molecular complexity index is 934. The number of carbonyl (C=O) groups is 2. The third-order valence-corrected chi connectivity index (χ3v) is 5.74. The minimum atomic E-state index is -0.266. The number of hydrogen-bond donors (Lipinski definition) is 3. The van der Waals surface area contributed by atoms with Gasteiger partial charge in [0.15, 0.2) is 0 Å². The van der Waals surface area contributed by atoms with Crippen molar-refractivity contribution in [3.8, 4) is 0 Å². The molecule has 0 aliphatic carbocycles. The first-order chi connectivity index (χ1) is 15.1. The van der Waals surface area contributed by atoms with Gasteiger partial charge in [0.05, 0.1) is 17.5 Å². The molecule has 2 aromatic rings. The summed E-state index contributed by atoms with van der Waals surface area (Å²) < 4.78 is 5.57. The van der Waals surface area contributed by atoms with Crippen LogP contribution in [0.15, 0.2) is 42.5 Å². The summed E-state index contributed by atoms with van der Waals surface area (Å²) in [5.41, 5.74) is 3.94. The molecular formula is C24H30N4O3. The topological polar surface area (TPSA) is 82.7 Å². The van der Waals surface area contributed by atoms with Gasteiger partial charge in [-0.3, -0.25) is 4.79 Å². The van der Waals surface area contributed by atoms with E-state index in [1.165, 1.54) is 0 Å². The molecule has 7 heteroatoms. The molecule has 31 heavy (non-hydrogen) atoms. The Balaban J connectivity index is 1.48. The Morgan fingerprint density at radius 3 is 2.65 bits per heavy atom. The lowest BCUT2D eigenvalue weighted by atomic mass is 10.1. The van der Waals surface area contributed by atoms with Crippen molar-refractivity contribution in [1.82, 2.24) is 5.32 Å². The molecule has 3 amide bonds. The van der Waals surface area contributed by atoms with Crippen LogP contribution < -0.4 is 20.9 Å². The fourth-order valence-corrected chi connectivity index (χ4v) is 4.12. The first-order valence-electron chi connectivity index (χ1n) is 11.0. The number of anilines is 3. The highest BCUT2D eigenvalue weighted by Gasteiger charge is 2.20. The monoisotopic (exact) mass is 422 g/mol. The van der Waals surface area contributed by atoms with E-state index in [0.717, 1.165) is 56.6 Å². The summed E-state index contributed by atoms with van der Waals surface area (Å²) in [6.45, 7) is 5.13. The number of ether oxygens (including phenoxy) is 1. The van der Waals surface area contributed by atoms with E-state index in [-0.39, 0.29) is 18.0 Å². The van der Waals surface area contributed by atoms with Crippen molar-refractivity contribution in [2.75, 3.05) is 41.8 Å². The quantitative estimate of drug-likeness (QED) is 0.653. The molecule has 3 N–H and O–H groups in total. The molecule has 0 saturated carbocycles. The SMILES string of the molecule is Cc1cccc(C(=O)Nc2ccc(N3CCCC3)c(NC(=O)NCC3CCCO3)c2)c1. The average molecular weight is 423 g/mol. The van der Waals surface area contributed by atoms with Gasteiger partial charge in [0.1, 0.15) is 0 Å². The van der Waals surface area contributed by atoms with E-state index >= 15 is 0 Å². The van der Waals surface area contributed by atoms with Gasteiger partial charge in [0.2, 0.25) is 0 Å². The zero-order valence-corrected chi connectivity index (χ0v) is 17.9. The summed E-state index contributed by atoms with van der Waals surface area (Å²) in [7, 11) is 0. The summed E-state index contributed by atoms with van der Waals surface area (Å²) in [5, 5.41) is 8.82. The van der Waals surface area contributed by atoms with E-state index in [1.54, 1.807) is 6.07 Å². The lowest BCUT2D eigenvalue weighted by Crippen LogP contribution is -2.35. The minimum Gasteiger partial charge on any atom is -0.376 e. The second-order valence-electron chi connectivity index (χ2n) is 8.22. The number of urea groups is 1. The molecule has 2 fully saturated rings. The number of benzene rings is 2. The smallest absolute Gasteiger partial charge is 0.319 e. The van der Waals surface area contributed by atoms with Crippen molar-refractivity contribution in [1.29, 1.82) is 0 Å². The number of hydrogen-bond acceptors (Lipinski definition) is 4. The molecule has 2 saturated heterocycles. The maximum absolute atomic E-state index is 12.7. The molecule has 1 unspecified atom stereocenters. The van der Waals surface area contributed by atoms with Crippen LogP contribution in [0.25, 0.3) is 0 Å². The molecule has 4 rings (SSSR count). The Morgan fingerprint density at radius 1 is 1.06 bits per heavy atom. The molecule has 7 nitrogen and oxygen atoms in total. The van der Waals surface area contributed by atoms with Gasteiger partial charge in [-0.25, -0.2) is 4.79 Å². The van der Waals surface area contributed by atoms with Crippen LogP contribution in [0.2, 0.25) is 0 Å². The third-order valence-electron chi connectivity index (χ3n) is 5.74. The molecule has 2 heterocycles. The Morgan fingerprint density at radius 2 is 1.90 bits per heavy atom. The van der Waals surface area contributed by atoms with E-state index in [1.807, 2.05) is 43.3 Å². The van der Waals surface area contributed by atoms with E-state index in [4.69, 9.17) is 4.74 Å². The number of rotatable bonds is 6. The van der Waals surface area contributed by atoms with Crippen LogP contribution in [0.4, 0.5) is 21.9 Å². The summed E-state index contributed by atoms with van der Waals surface area (Å²) >= 11 is 0. The van der Waals surface area contributed by atoms with Gasteiger partial charge in [-0.1, -0.05) is 17.7 Å². The predicted octanol–water partition coefficient (Wildman–Crippen LogP) is 4.15. The van der Waals surface area contributed by atoms with Crippen LogP contribution in [0.5, 0.6) is 0 Å². The lowest BCUT2D eigenvalue weighted by molar-refractivity contribution is 0.102. The van der Waals surface area contributed by atoms with Gasteiger partial charge >= 0.3 is 6.03 Å². The van der Waals surface area contributed by atoms with E-state index in [9.17, 15) is 9.59 Å². The normalized spacial score (nSPS) is 18.1. The van der Waals surface area contributed by atoms with Crippen molar-refractivity contribution in [3.05, 3.63) is 53.6 Å². The Kier molecular flexibility index (Phi) is 6.72. The number of nitrogens with one attached hydrogen (secondary N) is 3. The van der Waals surface area contributed by atoms with Gasteiger partial charge < -0.3 is 25.6 Å². The maximum Gasteiger partial charge on any atom is 0.319 e. The standard InChI is InChI=1S/C24H30N4O3/c1-17-6-4-7-18(14-17)23(29)26-19-9-10-22(28-11-2-3-12-28)21(15-19)27-24(30)25-16-20-8-5-13-31-20/h4,6-7,9-10,14-15,20H,2-3,5,8,11-13,16H2,1H3,(H,26,29)(H2,25,27,30). The van der Waals surface area contributed by atoms with Crippen LogP contribution in [-0.4, -0.2) is 44.3 Å². The molecule has 2 aliphatic rings.